The van der Waals surface area contributed by atoms with Crippen LogP contribution in [0.2, 0.25) is 10.0 Å². The molecule has 0 aliphatic rings. The monoisotopic (exact) mass is 253 g/mol. The van der Waals surface area contributed by atoms with E-state index in [0.29, 0.717) is 16.6 Å². The maximum atomic E-state index is 5.82. The molecule has 60 valence electrons. The van der Waals surface area contributed by atoms with E-state index >= 15 is 0 Å². The van der Waals surface area contributed by atoms with Gasteiger partial charge in [0.25, 0.3) is 0 Å². The van der Waals surface area contributed by atoms with Crippen LogP contribution in [0.3, 0.4) is 0 Å². The number of hydrogen-bond acceptors (Lipinski definition) is 1. The van der Waals surface area contributed by atoms with Gasteiger partial charge in [0.1, 0.15) is 0 Å². The number of nitrogens with two attached hydrogens (primary N) is 1. The number of rotatable bonds is 1. The summed E-state index contributed by atoms with van der Waals surface area (Å²) in [5.41, 5.74) is 6.31. The molecule has 0 atom stereocenters. The third-order valence-corrected chi connectivity index (χ3v) is 2.86. The van der Waals surface area contributed by atoms with Crippen molar-refractivity contribution in [2.45, 2.75) is 6.54 Å². The third-order valence-electron chi connectivity index (χ3n) is 1.31. The predicted molar refractivity (Wildman–Crippen MR) is 52.1 cm³/mol. The summed E-state index contributed by atoms with van der Waals surface area (Å²) in [7, 11) is 0. The molecule has 0 unspecified atom stereocenters. The summed E-state index contributed by atoms with van der Waals surface area (Å²) in [6.45, 7) is 0.425. The summed E-state index contributed by atoms with van der Waals surface area (Å²) in [4.78, 5) is 0. The molecule has 2 N–H and O–H groups in total. The van der Waals surface area contributed by atoms with Gasteiger partial charge in [0.15, 0.2) is 0 Å². The van der Waals surface area contributed by atoms with Gasteiger partial charge in [-0.05, 0) is 33.6 Å². The fourth-order valence-electron chi connectivity index (χ4n) is 0.720. The number of halogens is 3. The van der Waals surface area contributed by atoms with Crippen molar-refractivity contribution in [3.63, 3.8) is 0 Å². The summed E-state index contributed by atoms with van der Waals surface area (Å²) >= 11 is 14.9. The minimum atomic E-state index is 0.425. The lowest BCUT2D eigenvalue weighted by Crippen LogP contribution is -1.96. The van der Waals surface area contributed by atoms with Gasteiger partial charge in [-0.1, -0.05) is 23.2 Å². The van der Waals surface area contributed by atoms with Gasteiger partial charge in [-0.3, -0.25) is 0 Å². The zero-order chi connectivity index (χ0) is 8.43. The van der Waals surface area contributed by atoms with E-state index in [1.165, 1.54) is 0 Å². The maximum Gasteiger partial charge on any atom is 0.0563 e. The lowest BCUT2D eigenvalue weighted by Gasteiger charge is -2.02. The van der Waals surface area contributed by atoms with Crippen LogP contribution in [-0.2, 0) is 6.54 Å². The van der Waals surface area contributed by atoms with Crippen LogP contribution in [0.4, 0.5) is 0 Å². The normalized spacial score (nSPS) is 10.2. The molecule has 0 fully saturated rings. The first-order valence-electron chi connectivity index (χ1n) is 2.98. The lowest BCUT2D eigenvalue weighted by molar-refractivity contribution is 1.07. The molecule has 1 rings (SSSR count). The fraction of sp³-hybridized carbons (Fsp3) is 0.143. The zero-order valence-electron chi connectivity index (χ0n) is 5.57. The second-order valence-corrected chi connectivity index (χ2v) is 3.73. The van der Waals surface area contributed by atoms with Crippen molar-refractivity contribution in [1.82, 2.24) is 0 Å². The third kappa shape index (κ3) is 2.09. The first-order chi connectivity index (χ1) is 5.15. The molecule has 0 bridgehead atoms. The van der Waals surface area contributed by atoms with Crippen LogP contribution in [0, 0.1) is 0 Å². The quantitative estimate of drug-likeness (QED) is 0.766. The van der Waals surface area contributed by atoms with E-state index in [1.54, 1.807) is 6.07 Å². The highest BCUT2D eigenvalue weighted by atomic mass is 79.9. The highest BCUT2D eigenvalue weighted by molar-refractivity contribution is 9.10. The SMILES string of the molecule is NCc1cc(Br)c(Cl)cc1Cl. The summed E-state index contributed by atoms with van der Waals surface area (Å²) in [6.07, 6.45) is 0. The second-order valence-electron chi connectivity index (χ2n) is 2.06. The van der Waals surface area contributed by atoms with Crippen molar-refractivity contribution < 1.29 is 0 Å². The smallest absolute Gasteiger partial charge is 0.0563 e. The Balaban J connectivity index is 3.21. The predicted octanol–water partition coefficient (Wildman–Crippen LogP) is 3.21. The highest BCUT2D eigenvalue weighted by Crippen LogP contribution is 2.28. The molecule has 0 heterocycles. The molecular formula is C7H6BrCl2N. The average Bonchev–Trinajstić information content (AvgIpc) is 1.97. The lowest BCUT2D eigenvalue weighted by atomic mass is 10.2. The average molecular weight is 255 g/mol. The molecule has 11 heavy (non-hydrogen) atoms. The van der Waals surface area contributed by atoms with Crippen molar-refractivity contribution in [1.29, 1.82) is 0 Å². The molecule has 0 saturated heterocycles. The molecule has 1 nitrogen and oxygen atoms in total. The summed E-state index contributed by atoms with van der Waals surface area (Å²) < 4.78 is 0.823. The molecule has 0 aliphatic heterocycles. The highest BCUT2D eigenvalue weighted by Gasteiger charge is 2.02. The van der Waals surface area contributed by atoms with Crippen LogP contribution in [0.25, 0.3) is 0 Å². The molecule has 0 spiro atoms. The van der Waals surface area contributed by atoms with Gasteiger partial charge in [-0.15, -0.1) is 0 Å². The van der Waals surface area contributed by atoms with Gasteiger partial charge in [0.2, 0.25) is 0 Å². The minimum absolute atomic E-state index is 0.425. The molecular weight excluding hydrogens is 249 g/mol. The van der Waals surface area contributed by atoms with E-state index in [-0.39, 0.29) is 0 Å². The van der Waals surface area contributed by atoms with Gasteiger partial charge in [-0.25, -0.2) is 0 Å². The Morgan fingerprint density at radius 1 is 1.27 bits per heavy atom. The van der Waals surface area contributed by atoms with E-state index < -0.39 is 0 Å². The van der Waals surface area contributed by atoms with Crippen molar-refractivity contribution in [2.24, 2.45) is 5.73 Å². The van der Waals surface area contributed by atoms with E-state index in [0.717, 1.165) is 10.0 Å². The standard InChI is InChI=1S/C7H6BrCl2N/c8-5-1-4(3-11)6(9)2-7(5)10/h1-2H,3,11H2. The molecule has 0 amide bonds. The van der Waals surface area contributed by atoms with Gasteiger partial charge in [0.05, 0.1) is 5.02 Å². The molecule has 0 aromatic heterocycles. The minimum Gasteiger partial charge on any atom is -0.326 e. The molecule has 4 heteroatoms. The Morgan fingerprint density at radius 3 is 2.45 bits per heavy atom. The number of benzene rings is 1. The molecule has 1 aromatic carbocycles. The molecule has 1 aromatic rings. The maximum absolute atomic E-state index is 5.82. The van der Waals surface area contributed by atoms with E-state index in [9.17, 15) is 0 Å². The topological polar surface area (TPSA) is 26.0 Å². The first-order valence-corrected chi connectivity index (χ1v) is 4.53. The van der Waals surface area contributed by atoms with E-state index in [4.69, 9.17) is 28.9 Å². The first kappa shape index (κ1) is 9.33. The van der Waals surface area contributed by atoms with Gasteiger partial charge < -0.3 is 5.73 Å². The van der Waals surface area contributed by atoms with Crippen molar-refractivity contribution >= 4 is 39.1 Å². The van der Waals surface area contributed by atoms with Crippen LogP contribution in [-0.4, -0.2) is 0 Å². The van der Waals surface area contributed by atoms with Gasteiger partial charge >= 0.3 is 0 Å². The van der Waals surface area contributed by atoms with Crippen molar-refractivity contribution in [2.75, 3.05) is 0 Å². The van der Waals surface area contributed by atoms with Crippen LogP contribution < -0.4 is 5.73 Å². The van der Waals surface area contributed by atoms with E-state index in [2.05, 4.69) is 15.9 Å². The molecule has 0 radical (unpaired) electrons. The Hall–Kier alpha value is 0.240. The van der Waals surface area contributed by atoms with Crippen LogP contribution in [0.5, 0.6) is 0 Å². The van der Waals surface area contributed by atoms with Crippen LogP contribution in [0.1, 0.15) is 5.56 Å². The summed E-state index contributed by atoms with van der Waals surface area (Å²) in [5, 5.41) is 1.22. The molecule has 0 saturated carbocycles. The Labute approximate surface area is 83.6 Å². The van der Waals surface area contributed by atoms with Crippen LogP contribution in [0.15, 0.2) is 16.6 Å². The largest absolute Gasteiger partial charge is 0.326 e. The van der Waals surface area contributed by atoms with Crippen LogP contribution >= 0.6 is 39.1 Å². The number of hydrogen-bond donors (Lipinski definition) is 1. The Bertz CT molecular complexity index is 275. The van der Waals surface area contributed by atoms with E-state index in [1.807, 2.05) is 6.07 Å². The Kier molecular flexibility index (Phi) is 3.19. The van der Waals surface area contributed by atoms with Crippen molar-refractivity contribution in [3.05, 3.63) is 32.2 Å². The summed E-state index contributed by atoms with van der Waals surface area (Å²) in [5.74, 6) is 0. The van der Waals surface area contributed by atoms with Gasteiger partial charge in [0, 0.05) is 16.0 Å². The van der Waals surface area contributed by atoms with Gasteiger partial charge in [-0.2, -0.15) is 0 Å². The zero-order valence-corrected chi connectivity index (χ0v) is 8.67. The van der Waals surface area contributed by atoms with Crippen molar-refractivity contribution in [3.8, 4) is 0 Å². The fourth-order valence-corrected chi connectivity index (χ4v) is 1.57. The second kappa shape index (κ2) is 3.76. The molecule has 0 aliphatic carbocycles. The Morgan fingerprint density at radius 2 is 1.91 bits per heavy atom. The summed E-state index contributed by atoms with van der Waals surface area (Å²) in [6, 6.07) is 3.50.